The highest BCUT2D eigenvalue weighted by Crippen LogP contribution is 2.21. The summed E-state index contributed by atoms with van der Waals surface area (Å²) in [5, 5.41) is 0.740. The maximum Gasteiger partial charge on any atom is 0.0992 e. The van der Waals surface area contributed by atoms with Crippen molar-refractivity contribution in [2.75, 3.05) is 0 Å². The molecule has 0 aliphatic carbocycles. The molecule has 0 fully saturated rings. The predicted octanol–water partition coefficient (Wildman–Crippen LogP) is 3.13. The van der Waals surface area contributed by atoms with Crippen molar-refractivity contribution in [2.24, 2.45) is 0 Å². The minimum Gasteiger partial charge on any atom is -0.305 e. The van der Waals surface area contributed by atoms with Gasteiger partial charge in [0.05, 0.1) is 12.0 Å². The fourth-order valence-corrected chi connectivity index (χ4v) is 1.87. The van der Waals surface area contributed by atoms with Crippen LogP contribution in [-0.2, 0) is 0 Å². The Bertz CT molecular complexity index is 412. The van der Waals surface area contributed by atoms with E-state index in [1.807, 2.05) is 29.0 Å². The lowest BCUT2D eigenvalue weighted by molar-refractivity contribution is 1.05. The van der Waals surface area contributed by atoms with Crippen LogP contribution in [0.2, 0.25) is 5.02 Å². The van der Waals surface area contributed by atoms with Gasteiger partial charge < -0.3 is 4.57 Å². The Morgan fingerprint density at radius 3 is 2.92 bits per heavy atom. The number of rotatable bonds is 1. The molecule has 2 rings (SSSR count). The number of hydrogen-bond acceptors (Lipinski definition) is 1. The first kappa shape index (κ1) is 9.02. The summed E-state index contributed by atoms with van der Waals surface area (Å²) in [5.41, 5.74) is 1.06. The third-order valence-electron chi connectivity index (χ3n) is 1.69. The Morgan fingerprint density at radius 1 is 1.38 bits per heavy atom. The quantitative estimate of drug-likeness (QED) is 0.740. The fourth-order valence-electron chi connectivity index (χ4n) is 1.09. The Labute approximate surface area is 94.7 Å². The smallest absolute Gasteiger partial charge is 0.0992 e. The second-order valence-electron chi connectivity index (χ2n) is 2.57. The van der Waals surface area contributed by atoms with Gasteiger partial charge in [-0.2, -0.15) is 0 Å². The van der Waals surface area contributed by atoms with Gasteiger partial charge in [-0.15, -0.1) is 0 Å². The lowest BCUT2D eigenvalue weighted by Crippen LogP contribution is -1.92. The minimum atomic E-state index is 0.740. The summed E-state index contributed by atoms with van der Waals surface area (Å²) in [5.74, 6) is 0. The summed E-state index contributed by atoms with van der Waals surface area (Å²) in [6.07, 6.45) is 5.40. The molecule has 0 unspecified atom stereocenters. The van der Waals surface area contributed by atoms with Crippen LogP contribution in [0, 0.1) is 3.57 Å². The summed E-state index contributed by atoms with van der Waals surface area (Å²) in [7, 11) is 0. The molecule has 1 aromatic heterocycles. The van der Waals surface area contributed by atoms with Crippen molar-refractivity contribution in [3.05, 3.63) is 45.5 Å². The lowest BCUT2D eigenvalue weighted by Gasteiger charge is -2.04. The Kier molecular flexibility index (Phi) is 2.55. The summed E-state index contributed by atoms with van der Waals surface area (Å²) in [6, 6.07) is 5.78. The molecule has 0 saturated carbocycles. The zero-order chi connectivity index (χ0) is 9.26. The first-order valence-corrected chi connectivity index (χ1v) is 5.16. The van der Waals surface area contributed by atoms with Gasteiger partial charge >= 0.3 is 0 Å². The van der Waals surface area contributed by atoms with Gasteiger partial charge in [0.1, 0.15) is 0 Å². The Balaban J connectivity index is 2.57. The molecule has 0 N–H and O–H groups in total. The highest BCUT2D eigenvalue weighted by Gasteiger charge is 2.01. The number of halogens is 2. The molecule has 0 bridgehead atoms. The van der Waals surface area contributed by atoms with Gasteiger partial charge in [0.2, 0.25) is 0 Å². The van der Waals surface area contributed by atoms with Gasteiger partial charge in [-0.25, -0.2) is 4.98 Å². The standard InChI is InChI=1S/C9H6ClIN2/c10-7-1-2-8(11)9(5-7)13-4-3-12-6-13/h1-6H. The van der Waals surface area contributed by atoms with Crippen LogP contribution < -0.4 is 0 Å². The summed E-state index contributed by atoms with van der Waals surface area (Å²) in [6.45, 7) is 0. The van der Waals surface area contributed by atoms with E-state index in [4.69, 9.17) is 11.6 Å². The second-order valence-corrected chi connectivity index (χ2v) is 4.16. The zero-order valence-electron chi connectivity index (χ0n) is 6.61. The van der Waals surface area contributed by atoms with E-state index < -0.39 is 0 Å². The molecule has 0 saturated heterocycles. The normalized spacial score (nSPS) is 10.3. The van der Waals surface area contributed by atoms with E-state index in [-0.39, 0.29) is 0 Å². The molecular formula is C9H6ClIN2. The average molecular weight is 305 g/mol. The monoisotopic (exact) mass is 304 g/mol. The third-order valence-corrected chi connectivity index (χ3v) is 2.84. The maximum atomic E-state index is 5.90. The molecule has 0 atom stereocenters. The van der Waals surface area contributed by atoms with E-state index >= 15 is 0 Å². The highest BCUT2D eigenvalue weighted by molar-refractivity contribution is 14.1. The molecule has 0 aliphatic heterocycles. The van der Waals surface area contributed by atoms with Crippen molar-refractivity contribution in [3.63, 3.8) is 0 Å². The van der Waals surface area contributed by atoms with Crippen molar-refractivity contribution in [1.82, 2.24) is 9.55 Å². The number of hydrogen-bond donors (Lipinski definition) is 0. The van der Waals surface area contributed by atoms with Crippen LogP contribution in [0.25, 0.3) is 5.69 Å². The molecule has 66 valence electrons. The molecule has 1 aromatic carbocycles. The maximum absolute atomic E-state index is 5.90. The molecule has 1 heterocycles. The van der Waals surface area contributed by atoms with Crippen LogP contribution in [0.15, 0.2) is 36.9 Å². The van der Waals surface area contributed by atoms with Crippen LogP contribution in [0.4, 0.5) is 0 Å². The predicted molar refractivity (Wildman–Crippen MR) is 61.3 cm³/mol. The van der Waals surface area contributed by atoms with E-state index in [9.17, 15) is 0 Å². The van der Waals surface area contributed by atoms with Crippen molar-refractivity contribution < 1.29 is 0 Å². The number of benzene rings is 1. The average Bonchev–Trinajstić information content (AvgIpc) is 2.61. The third kappa shape index (κ3) is 1.86. The van der Waals surface area contributed by atoms with Gasteiger partial charge in [0.15, 0.2) is 0 Å². The zero-order valence-corrected chi connectivity index (χ0v) is 9.53. The van der Waals surface area contributed by atoms with Crippen LogP contribution in [0.1, 0.15) is 0 Å². The van der Waals surface area contributed by atoms with Gasteiger partial charge in [0.25, 0.3) is 0 Å². The van der Waals surface area contributed by atoms with Crippen molar-refractivity contribution in [1.29, 1.82) is 0 Å². The van der Waals surface area contributed by atoms with Crippen molar-refractivity contribution >= 4 is 34.2 Å². The molecule has 2 aromatic rings. The molecule has 0 aliphatic rings. The largest absolute Gasteiger partial charge is 0.305 e. The Morgan fingerprint density at radius 2 is 2.23 bits per heavy atom. The van der Waals surface area contributed by atoms with E-state index in [1.165, 1.54) is 0 Å². The summed E-state index contributed by atoms with van der Waals surface area (Å²) >= 11 is 8.17. The molecular weight excluding hydrogens is 298 g/mol. The molecule has 2 nitrogen and oxygen atoms in total. The Hall–Kier alpha value is -0.550. The van der Waals surface area contributed by atoms with E-state index in [1.54, 1.807) is 12.5 Å². The van der Waals surface area contributed by atoms with Crippen molar-refractivity contribution in [3.8, 4) is 5.69 Å². The summed E-state index contributed by atoms with van der Waals surface area (Å²) in [4.78, 5) is 3.99. The number of imidazole rings is 1. The van der Waals surface area contributed by atoms with Gasteiger partial charge in [-0.05, 0) is 40.8 Å². The fraction of sp³-hybridized carbons (Fsp3) is 0. The summed E-state index contributed by atoms with van der Waals surface area (Å²) < 4.78 is 3.09. The van der Waals surface area contributed by atoms with E-state index in [0.717, 1.165) is 14.3 Å². The van der Waals surface area contributed by atoms with E-state index in [0.29, 0.717) is 0 Å². The lowest BCUT2D eigenvalue weighted by atomic mass is 10.3. The number of aromatic nitrogens is 2. The second kappa shape index (κ2) is 3.67. The SMILES string of the molecule is Clc1ccc(I)c(-n2ccnc2)c1. The molecule has 0 radical (unpaired) electrons. The topological polar surface area (TPSA) is 17.8 Å². The first-order chi connectivity index (χ1) is 6.27. The van der Waals surface area contributed by atoms with Crippen LogP contribution in [-0.4, -0.2) is 9.55 Å². The highest BCUT2D eigenvalue weighted by atomic mass is 127. The van der Waals surface area contributed by atoms with E-state index in [2.05, 4.69) is 27.6 Å². The first-order valence-electron chi connectivity index (χ1n) is 3.71. The van der Waals surface area contributed by atoms with Crippen LogP contribution in [0.3, 0.4) is 0 Å². The number of nitrogens with zero attached hydrogens (tertiary/aromatic N) is 2. The van der Waals surface area contributed by atoms with Gasteiger partial charge in [-0.1, -0.05) is 11.6 Å². The molecule has 0 amide bonds. The van der Waals surface area contributed by atoms with Crippen molar-refractivity contribution in [2.45, 2.75) is 0 Å². The molecule has 4 heteroatoms. The van der Waals surface area contributed by atoms with Crippen LogP contribution in [0.5, 0.6) is 0 Å². The minimum absolute atomic E-state index is 0.740. The van der Waals surface area contributed by atoms with Crippen LogP contribution >= 0.6 is 34.2 Å². The van der Waals surface area contributed by atoms with Gasteiger partial charge in [-0.3, -0.25) is 0 Å². The molecule has 0 spiro atoms. The molecule has 13 heavy (non-hydrogen) atoms. The van der Waals surface area contributed by atoms with Gasteiger partial charge in [0, 0.05) is 21.0 Å².